The Morgan fingerprint density at radius 1 is 1.20 bits per heavy atom. The first-order chi connectivity index (χ1) is 12.3. The number of rotatable bonds is 1. The summed E-state index contributed by atoms with van der Waals surface area (Å²) >= 11 is 0. The van der Waals surface area contributed by atoms with Crippen LogP contribution in [0.1, 0.15) is 72.5 Å². The van der Waals surface area contributed by atoms with Gasteiger partial charge in [0, 0.05) is 17.4 Å². The quantitative estimate of drug-likeness (QED) is 0.847. The molecule has 2 aliphatic carbocycles. The summed E-state index contributed by atoms with van der Waals surface area (Å²) in [5.74, 6) is 2.12. The number of nitrogens with one attached hydrogen (secondary N) is 1. The van der Waals surface area contributed by atoms with Crippen molar-refractivity contribution in [3.63, 3.8) is 0 Å². The molecule has 4 heteroatoms. The van der Waals surface area contributed by atoms with E-state index in [1.807, 2.05) is 0 Å². The summed E-state index contributed by atoms with van der Waals surface area (Å²) in [7, 11) is 0. The van der Waals surface area contributed by atoms with Crippen LogP contribution in [0.5, 0.6) is 0 Å². The van der Waals surface area contributed by atoms with Gasteiger partial charge in [-0.1, -0.05) is 23.4 Å². The summed E-state index contributed by atoms with van der Waals surface area (Å²) in [5.41, 5.74) is 6.40. The van der Waals surface area contributed by atoms with E-state index in [0.717, 1.165) is 43.8 Å². The first kappa shape index (κ1) is 14.5. The third-order valence-electron chi connectivity index (χ3n) is 6.78. The fraction of sp³-hybridized carbons (Fsp3) is 0.571. The van der Waals surface area contributed by atoms with E-state index in [1.165, 1.54) is 35.1 Å². The molecule has 1 N–H and O–H groups in total. The Morgan fingerprint density at radius 3 is 2.84 bits per heavy atom. The maximum atomic E-state index is 6.85. The number of fused-ring (bicyclic) bond motifs is 6. The standard InChI is InChI=1S/C21H24N2O2/c1-12-3-2-4-14-15-11-21(7-9-22-10-8-21)24-20(15)17-18(16(12)14)23-25-19(17)13-5-6-13/h2-4,13,15,20,22H,5-11H2,1H3. The van der Waals surface area contributed by atoms with Crippen LogP contribution in [0, 0.1) is 6.92 Å². The monoisotopic (exact) mass is 336 g/mol. The van der Waals surface area contributed by atoms with E-state index >= 15 is 0 Å². The Hall–Kier alpha value is -1.65. The van der Waals surface area contributed by atoms with Crippen LogP contribution in [0.4, 0.5) is 0 Å². The molecule has 3 heterocycles. The van der Waals surface area contributed by atoms with Crippen LogP contribution in [0.3, 0.4) is 0 Å². The van der Waals surface area contributed by atoms with E-state index < -0.39 is 0 Å². The SMILES string of the molecule is Cc1cccc2c1-c1noc(C3CC3)c1C1OC3(CCNCC3)CC21. The lowest BCUT2D eigenvalue weighted by molar-refractivity contribution is -0.0623. The topological polar surface area (TPSA) is 47.3 Å². The highest BCUT2D eigenvalue weighted by Crippen LogP contribution is 2.61. The smallest absolute Gasteiger partial charge is 0.146 e. The predicted molar refractivity (Wildman–Crippen MR) is 94.7 cm³/mol. The summed E-state index contributed by atoms with van der Waals surface area (Å²) in [6, 6.07) is 6.67. The van der Waals surface area contributed by atoms with Crippen LogP contribution in [0.2, 0.25) is 0 Å². The van der Waals surface area contributed by atoms with Gasteiger partial charge >= 0.3 is 0 Å². The summed E-state index contributed by atoms with van der Waals surface area (Å²) in [4.78, 5) is 0. The minimum atomic E-state index is 0.0291. The number of aryl methyl sites for hydroxylation is 1. The van der Waals surface area contributed by atoms with E-state index in [2.05, 4.69) is 35.6 Å². The zero-order chi connectivity index (χ0) is 16.6. The van der Waals surface area contributed by atoms with Gasteiger partial charge in [-0.15, -0.1) is 0 Å². The average molecular weight is 336 g/mol. The Morgan fingerprint density at radius 2 is 2.04 bits per heavy atom. The molecule has 0 bridgehead atoms. The van der Waals surface area contributed by atoms with Crippen molar-refractivity contribution in [2.45, 2.75) is 62.6 Å². The maximum Gasteiger partial charge on any atom is 0.146 e. The third kappa shape index (κ3) is 1.98. The van der Waals surface area contributed by atoms with E-state index in [-0.39, 0.29) is 11.7 Å². The number of aromatic nitrogens is 1. The zero-order valence-electron chi connectivity index (χ0n) is 14.7. The van der Waals surface area contributed by atoms with Crippen LogP contribution in [0.25, 0.3) is 11.3 Å². The summed E-state index contributed by atoms with van der Waals surface area (Å²) < 4.78 is 12.7. The summed E-state index contributed by atoms with van der Waals surface area (Å²) in [6.07, 6.45) is 5.94. The highest BCUT2D eigenvalue weighted by Gasteiger charge is 2.53. The largest absolute Gasteiger partial charge is 0.366 e. The van der Waals surface area contributed by atoms with Crippen molar-refractivity contribution < 1.29 is 9.26 Å². The Kier molecular flexibility index (Phi) is 2.88. The van der Waals surface area contributed by atoms with Gasteiger partial charge in [-0.25, -0.2) is 0 Å². The molecule has 25 heavy (non-hydrogen) atoms. The molecule has 2 unspecified atom stereocenters. The Bertz CT molecular complexity index is 846. The fourth-order valence-electron chi connectivity index (χ4n) is 5.37. The second kappa shape index (κ2) is 4.95. The first-order valence-corrected chi connectivity index (χ1v) is 9.74. The number of hydrogen-bond donors (Lipinski definition) is 1. The van der Waals surface area contributed by atoms with Gasteiger partial charge in [0.25, 0.3) is 0 Å². The highest BCUT2D eigenvalue weighted by molar-refractivity contribution is 5.75. The molecule has 1 aromatic carbocycles. The molecule has 3 fully saturated rings. The molecule has 130 valence electrons. The highest BCUT2D eigenvalue weighted by atomic mass is 16.5. The lowest BCUT2D eigenvalue weighted by Gasteiger charge is -2.33. The maximum absolute atomic E-state index is 6.85. The van der Waals surface area contributed by atoms with Gasteiger partial charge in [0.15, 0.2) is 0 Å². The van der Waals surface area contributed by atoms with Gasteiger partial charge in [-0.2, -0.15) is 0 Å². The molecular formula is C21H24N2O2. The molecule has 1 spiro atoms. The van der Waals surface area contributed by atoms with Crippen LogP contribution < -0.4 is 5.32 Å². The molecular weight excluding hydrogens is 312 g/mol. The molecule has 2 aromatic rings. The van der Waals surface area contributed by atoms with Crippen molar-refractivity contribution >= 4 is 0 Å². The number of nitrogens with zero attached hydrogens (tertiary/aromatic N) is 1. The van der Waals surface area contributed by atoms with Crippen molar-refractivity contribution in [3.05, 3.63) is 40.6 Å². The number of piperidine rings is 1. The van der Waals surface area contributed by atoms with E-state index in [4.69, 9.17) is 9.26 Å². The van der Waals surface area contributed by atoms with Crippen molar-refractivity contribution in [2.24, 2.45) is 0 Å². The number of hydrogen-bond acceptors (Lipinski definition) is 4. The zero-order valence-corrected chi connectivity index (χ0v) is 14.7. The minimum Gasteiger partial charge on any atom is -0.366 e. The van der Waals surface area contributed by atoms with Gasteiger partial charge < -0.3 is 14.6 Å². The van der Waals surface area contributed by atoms with Crippen molar-refractivity contribution in [3.8, 4) is 11.3 Å². The van der Waals surface area contributed by atoms with Gasteiger partial charge in [0.1, 0.15) is 11.5 Å². The first-order valence-electron chi connectivity index (χ1n) is 9.74. The van der Waals surface area contributed by atoms with Crippen LogP contribution in [-0.4, -0.2) is 23.8 Å². The minimum absolute atomic E-state index is 0.0291. The lowest BCUT2D eigenvalue weighted by atomic mass is 9.74. The van der Waals surface area contributed by atoms with Crippen molar-refractivity contribution in [2.75, 3.05) is 13.1 Å². The summed E-state index contributed by atoms with van der Waals surface area (Å²) in [5, 5.41) is 8.04. The molecule has 4 aliphatic rings. The van der Waals surface area contributed by atoms with Crippen molar-refractivity contribution in [1.29, 1.82) is 0 Å². The number of ether oxygens (including phenoxy) is 1. The molecule has 1 aromatic heterocycles. The van der Waals surface area contributed by atoms with E-state index in [1.54, 1.807) is 0 Å². The molecule has 2 aliphatic heterocycles. The predicted octanol–water partition coefficient (Wildman–Crippen LogP) is 4.21. The van der Waals surface area contributed by atoms with Crippen LogP contribution in [0.15, 0.2) is 22.7 Å². The van der Waals surface area contributed by atoms with Gasteiger partial charge in [-0.3, -0.25) is 0 Å². The van der Waals surface area contributed by atoms with Crippen molar-refractivity contribution in [1.82, 2.24) is 10.5 Å². The molecule has 4 nitrogen and oxygen atoms in total. The van der Waals surface area contributed by atoms with E-state index in [0.29, 0.717) is 11.8 Å². The molecule has 0 radical (unpaired) electrons. The van der Waals surface area contributed by atoms with Gasteiger partial charge in [-0.05, 0) is 63.2 Å². The van der Waals surface area contributed by atoms with Crippen LogP contribution >= 0.6 is 0 Å². The summed E-state index contributed by atoms with van der Waals surface area (Å²) in [6.45, 7) is 4.32. The Balaban J connectivity index is 1.55. The molecule has 6 rings (SSSR count). The molecule has 2 atom stereocenters. The van der Waals surface area contributed by atoms with E-state index in [9.17, 15) is 0 Å². The Labute approximate surface area is 147 Å². The third-order valence-corrected chi connectivity index (χ3v) is 6.78. The number of benzene rings is 1. The molecule has 2 saturated heterocycles. The van der Waals surface area contributed by atoms with Gasteiger partial charge in [0.2, 0.25) is 0 Å². The van der Waals surface area contributed by atoms with Gasteiger partial charge in [0.05, 0.1) is 17.3 Å². The molecule has 0 amide bonds. The fourth-order valence-corrected chi connectivity index (χ4v) is 5.37. The second-order valence-electron chi connectivity index (χ2n) is 8.40. The second-order valence-corrected chi connectivity index (χ2v) is 8.40. The normalized spacial score (nSPS) is 29.3. The van der Waals surface area contributed by atoms with Crippen LogP contribution in [-0.2, 0) is 4.74 Å². The average Bonchev–Trinajstić information content (AvgIpc) is 3.26. The lowest BCUT2D eigenvalue weighted by Crippen LogP contribution is -2.41. The molecule has 1 saturated carbocycles.